The lowest BCUT2D eigenvalue weighted by Crippen LogP contribution is -2.29. The maximum atomic E-state index is 15.4. The van der Waals surface area contributed by atoms with Gasteiger partial charge in [-0.15, -0.1) is 12.4 Å². The van der Waals surface area contributed by atoms with Crippen LogP contribution in [0.5, 0.6) is 11.5 Å². The minimum Gasteiger partial charge on any atom is -0.457 e. The number of fused-ring (bicyclic) bond motifs is 2. The summed E-state index contributed by atoms with van der Waals surface area (Å²) < 4.78 is 50.6. The number of aromatic nitrogens is 7. The van der Waals surface area contributed by atoms with Crippen LogP contribution in [0.25, 0.3) is 22.3 Å². The minimum atomic E-state index is -3.14. The summed E-state index contributed by atoms with van der Waals surface area (Å²) >= 11 is 0. The van der Waals surface area contributed by atoms with E-state index >= 15 is 4.39 Å². The Morgan fingerprint density at radius 3 is 2.82 bits per heavy atom. The second-order valence-corrected chi connectivity index (χ2v) is 8.63. The molecule has 0 spiro atoms. The lowest BCUT2D eigenvalue weighted by Gasteiger charge is -2.19. The fraction of sp³-hybridized carbons (Fsp3) is 0.200. The average molecular weight is 556 g/mol. The molecule has 0 saturated heterocycles. The van der Waals surface area contributed by atoms with Crippen LogP contribution < -0.4 is 15.4 Å². The predicted molar refractivity (Wildman–Crippen MR) is 140 cm³/mol. The van der Waals surface area contributed by atoms with E-state index in [0.717, 1.165) is 18.5 Å². The number of hydrogen-bond acceptors (Lipinski definition) is 9. The van der Waals surface area contributed by atoms with Crippen LogP contribution in [0.3, 0.4) is 0 Å². The van der Waals surface area contributed by atoms with Gasteiger partial charge < -0.3 is 15.4 Å². The molecule has 1 atom stereocenters. The van der Waals surface area contributed by atoms with Crippen LogP contribution in [0, 0.1) is 5.82 Å². The maximum Gasteiger partial charge on any atom is 0.270 e. The molecule has 2 N–H and O–H groups in total. The third kappa shape index (κ3) is 5.18. The first-order chi connectivity index (χ1) is 18.5. The van der Waals surface area contributed by atoms with E-state index in [1.807, 2.05) is 13.0 Å². The maximum absolute atomic E-state index is 15.4. The van der Waals surface area contributed by atoms with Crippen LogP contribution in [-0.4, -0.2) is 47.1 Å². The second kappa shape index (κ2) is 10.8. The molecule has 0 saturated carbocycles. The molecule has 4 aromatic heterocycles. The summed E-state index contributed by atoms with van der Waals surface area (Å²) in [6.45, 7) is 2.81. The number of anilines is 2. The summed E-state index contributed by atoms with van der Waals surface area (Å²) in [5.41, 5.74) is 1.07. The van der Waals surface area contributed by atoms with E-state index in [1.54, 1.807) is 12.4 Å². The molecule has 0 unspecified atom stereocenters. The van der Waals surface area contributed by atoms with Gasteiger partial charge in [0.2, 0.25) is 0 Å². The number of halogens is 4. The van der Waals surface area contributed by atoms with Crippen LogP contribution in [-0.2, 0) is 0 Å². The first-order valence-electron chi connectivity index (χ1n) is 11.7. The van der Waals surface area contributed by atoms with Gasteiger partial charge in [-0.2, -0.15) is 5.10 Å². The monoisotopic (exact) mass is 555 g/mol. The quantitative estimate of drug-likeness (QED) is 0.289. The molecule has 6 rings (SSSR count). The zero-order chi connectivity index (χ0) is 26.2. The fourth-order valence-corrected chi connectivity index (χ4v) is 4.24. The molecule has 0 radical (unpaired) electrons. The van der Waals surface area contributed by atoms with E-state index in [1.165, 1.54) is 41.4 Å². The van der Waals surface area contributed by atoms with Crippen molar-refractivity contribution in [3.63, 3.8) is 0 Å². The molecule has 0 amide bonds. The number of nitrogens with one attached hydrogen (secondary N) is 2. The highest BCUT2D eigenvalue weighted by Gasteiger charge is 2.24. The van der Waals surface area contributed by atoms with E-state index in [-0.39, 0.29) is 41.5 Å². The van der Waals surface area contributed by atoms with Crippen molar-refractivity contribution in [2.24, 2.45) is 0 Å². The van der Waals surface area contributed by atoms with Gasteiger partial charge in [-0.3, -0.25) is 0 Å². The molecule has 0 bridgehead atoms. The molecule has 1 aromatic carbocycles. The molecular weight excluding hydrogens is 535 g/mol. The summed E-state index contributed by atoms with van der Waals surface area (Å²) in [4.78, 5) is 21.4. The summed E-state index contributed by atoms with van der Waals surface area (Å²) in [6, 6.07) is 5.77. The van der Waals surface area contributed by atoms with E-state index in [0.29, 0.717) is 22.5 Å². The molecule has 1 aliphatic heterocycles. The number of pyridine rings is 1. The third-order valence-corrected chi connectivity index (χ3v) is 6.07. The van der Waals surface area contributed by atoms with Crippen molar-refractivity contribution in [1.29, 1.82) is 0 Å². The summed E-state index contributed by atoms with van der Waals surface area (Å²) in [6.07, 6.45) is 5.36. The fourth-order valence-electron chi connectivity index (χ4n) is 4.24. The van der Waals surface area contributed by atoms with E-state index in [9.17, 15) is 8.78 Å². The van der Waals surface area contributed by atoms with Gasteiger partial charge in [-0.1, -0.05) is 6.08 Å². The highest BCUT2D eigenvalue weighted by Crippen LogP contribution is 2.38. The van der Waals surface area contributed by atoms with Gasteiger partial charge in [-0.25, -0.2) is 42.6 Å². The minimum absolute atomic E-state index is 0. The normalized spacial score (nSPS) is 15.3. The van der Waals surface area contributed by atoms with Crippen molar-refractivity contribution in [3.05, 3.63) is 72.6 Å². The molecule has 0 aliphatic carbocycles. The van der Waals surface area contributed by atoms with Crippen LogP contribution in [0.15, 0.2) is 55.4 Å². The average Bonchev–Trinajstić information content (AvgIpc) is 3.38. The Labute approximate surface area is 225 Å². The molecule has 200 valence electrons. The highest BCUT2D eigenvalue weighted by atomic mass is 35.5. The standard InChI is InChI=1S/C25H20F3N9O.ClH/c1-13-8-14(4-6-29-13)24-30-10-17-22(36-24)25(33-11-31-17)35-16-2-3-18(20(21(16)26)23(27)28)38-15-5-7-37-19(9-15)32-12-34-37;/h2-3,5,7-13,23,29H,4,6H2,1H3,(H,31,33,35);1H/t13-;/m0./s1. The van der Waals surface area contributed by atoms with Crippen molar-refractivity contribution in [2.75, 3.05) is 11.9 Å². The molecule has 5 aromatic rings. The Bertz CT molecular complexity index is 1690. The molecule has 14 heteroatoms. The van der Waals surface area contributed by atoms with Crippen LogP contribution in [0.1, 0.15) is 31.2 Å². The zero-order valence-electron chi connectivity index (χ0n) is 20.3. The Morgan fingerprint density at radius 1 is 1.13 bits per heavy atom. The van der Waals surface area contributed by atoms with Gasteiger partial charge in [0.1, 0.15) is 35.2 Å². The summed E-state index contributed by atoms with van der Waals surface area (Å²) in [7, 11) is 0. The molecular formula is C25H21ClF3N9O. The lowest BCUT2D eigenvalue weighted by atomic mass is 10.0. The van der Waals surface area contributed by atoms with Crippen LogP contribution in [0.4, 0.5) is 24.7 Å². The van der Waals surface area contributed by atoms with Crippen molar-refractivity contribution in [2.45, 2.75) is 25.8 Å². The number of benzene rings is 1. The smallest absolute Gasteiger partial charge is 0.270 e. The van der Waals surface area contributed by atoms with Gasteiger partial charge in [0.25, 0.3) is 6.43 Å². The Balaban J connectivity index is 0.00000308. The molecule has 0 fully saturated rings. The van der Waals surface area contributed by atoms with E-state index in [4.69, 9.17) is 4.74 Å². The number of nitrogens with zero attached hydrogens (tertiary/aromatic N) is 7. The van der Waals surface area contributed by atoms with Gasteiger partial charge in [0.15, 0.2) is 23.1 Å². The van der Waals surface area contributed by atoms with Gasteiger partial charge in [0, 0.05) is 18.3 Å². The first kappa shape index (κ1) is 26.3. The zero-order valence-corrected chi connectivity index (χ0v) is 21.2. The molecule has 1 aliphatic rings. The summed E-state index contributed by atoms with van der Waals surface area (Å²) in [5, 5.41) is 10.1. The highest BCUT2D eigenvalue weighted by molar-refractivity contribution is 5.87. The van der Waals surface area contributed by atoms with Crippen molar-refractivity contribution in [1.82, 2.24) is 39.9 Å². The number of ether oxygens (including phenoxy) is 1. The van der Waals surface area contributed by atoms with E-state index < -0.39 is 17.8 Å². The largest absolute Gasteiger partial charge is 0.457 e. The summed E-state index contributed by atoms with van der Waals surface area (Å²) in [5.74, 6) is -0.620. The number of rotatable bonds is 6. The Hall–Kier alpha value is -4.36. The Morgan fingerprint density at radius 2 is 2.00 bits per heavy atom. The number of hydrogen-bond donors (Lipinski definition) is 2. The van der Waals surface area contributed by atoms with Crippen molar-refractivity contribution >= 4 is 46.2 Å². The van der Waals surface area contributed by atoms with E-state index in [2.05, 4.69) is 40.7 Å². The Kier molecular flexibility index (Phi) is 7.26. The predicted octanol–water partition coefficient (Wildman–Crippen LogP) is 5.26. The van der Waals surface area contributed by atoms with Crippen molar-refractivity contribution < 1.29 is 17.9 Å². The van der Waals surface area contributed by atoms with Gasteiger partial charge in [0.05, 0.1) is 17.4 Å². The topological polar surface area (TPSA) is 115 Å². The molecule has 5 heterocycles. The molecule has 39 heavy (non-hydrogen) atoms. The molecule has 10 nitrogen and oxygen atoms in total. The van der Waals surface area contributed by atoms with Gasteiger partial charge >= 0.3 is 0 Å². The number of alkyl halides is 2. The van der Waals surface area contributed by atoms with Crippen LogP contribution >= 0.6 is 12.4 Å². The third-order valence-electron chi connectivity index (χ3n) is 6.07. The van der Waals surface area contributed by atoms with Crippen molar-refractivity contribution in [3.8, 4) is 11.5 Å². The lowest BCUT2D eigenvalue weighted by molar-refractivity contribution is 0.143. The van der Waals surface area contributed by atoms with Gasteiger partial charge in [-0.05, 0) is 43.7 Å². The van der Waals surface area contributed by atoms with Crippen LogP contribution in [0.2, 0.25) is 0 Å². The second-order valence-electron chi connectivity index (χ2n) is 8.63. The SMILES string of the molecule is C[C@H]1C=C(c2ncc3ncnc(Nc4ccc(Oc5ccn6ncnc6c5)c(C(F)F)c4F)c3n2)CCN1.Cl. The first-order valence-corrected chi connectivity index (χ1v) is 11.7.